The number of amides is 3. The van der Waals surface area contributed by atoms with Gasteiger partial charge >= 0.3 is 0 Å². The molecule has 0 unspecified atom stereocenters. The average molecular weight is 708 g/mol. The van der Waals surface area contributed by atoms with Crippen LogP contribution < -0.4 is 15.0 Å². The van der Waals surface area contributed by atoms with Crippen molar-refractivity contribution in [2.75, 3.05) is 23.9 Å². The molecular formula is C40H42FN3O6Si. The van der Waals surface area contributed by atoms with Crippen molar-refractivity contribution < 1.29 is 33.1 Å². The summed E-state index contributed by atoms with van der Waals surface area (Å²) in [6.07, 6.45) is -0.529. The minimum Gasteiger partial charge on any atom is -0.497 e. The van der Waals surface area contributed by atoms with E-state index < -0.39 is 37.6 Å². The van der Waals surface area contributed by atoms with Crippen molar-refractivity contribution >= 4 is 43.2 Å². The molecule has 51 heavy (non-hydrogen) atoms. The molecule has 3 heterocycles. The van der Waals surface area contributed by atoms with E-state index in [2.05, 4.69) is 5.32 Å². The first-order valence-electron chi connectivity index (χ1n) is 17.3. The van der Waals surface area contributed by atoms with E-state index in [1.165, 1.54) is 0 Å². The highest BCUT2D eigenvalue weighted by Gasteiger charge is 2.67. The maximum absolute atomic E-state index is 16.6. The summed E-state index contributed by atoms with van der Waals surface area (Å²) in [5, 5.41) is 13.2. The van der Waals surface area contributed by atoms with Crippen LogP contribution in [0.3, 0.4) is 0 Å². The molecule has 0 bridgehead atoms. The number of benzene rings is 4. The summed E-state index contributed by atoms with van der Waals surface area (Å²) in [7, 11) is -2.03. The Balaban J connectivity index is 1.26. The number of para-hydroxylation sites is 1. The number of nitrogens with zero attached hydrogens (tertiary/aromatic N) is 2. The lowest BCUT2D eigenvalue weighted by molar-refractivity contribution is -0.150. The summed E-state index contributed by atoms with van der Waals surface area (Å²) in [6.45, 7) is 5.16. The molecule has 4 aromatic rings. The van der Waals surface area contributed by atoms with E-state index in [4.69, 9.17) is 9.47 Å². The first kappa shape index (κ1) is 34.6. The Bertz CT molecular complexity index is 1970. The van der Waals surface area contributed by atoms with Gasteiger partial charge in [0.2, 0.25) is 14.3 Å². The Morgan fingerprint density at radius 2 is 1.69 bits per heavy atom. The van der Waals surface area contributed by atoms with Crippen LogP contribution in [0.25, 0.3) is 0 Å². The predicted octanol–water partition coefficient (Wildman–Crippen LogP) is 6.74. The molecule has 0 saturated carbocycles. The average Bonchev–Trinajstić information content (AvgIpc) is 3.57. The highest BCUT2D eigenvalue weighted by Crippen LogP contribution is 2.61. The number of anilines is 3. The topological polar surface area (TPSA) is 108 Å². The first-order chi connectivity index (χ1) is 24.5. The molecule has 9 nitrogen and oxygen atoms in total. The minimum absolute atomic E-state index is 0.141. The second kappa shape index (κ2) is 13.4. The van der Waals surface area contributed by atoms with Crippen LogP contribution in [0, 0.1) is 5.92 Å². The number of hydrogen-bond acceptors (Lipinski definition) is 6. The van der Waals surface area contributed by atoms with Crippen molar-refractivity contribution in [3.05, 3.63) is 119 Å². The normalized spacial score (nSPS) is 24.0. The molecule has 11 heteroatoms. The summed E-state index contributed by atoms with van der Waals surface area (Å²) < 4.78 is 28.7. The lowest BCUT2D eigenvalue weighted by atomic mass is 9.82. The van der Waals surface area contributed by atoms with Gasteiger partial charge in [-0.1, -0.05) is 49.4 Å². The Morgan fingerprint density at radius 3 is 2.35 bits per heavy atom. The van der Waals surface area contributed by atoms with E-state index in [-0.39, 0.29) is 30.7 Å². The van der Waals surface area contributed by atoms with Crippen LogP contribution in [-0.2, 0) is 32.9 Å². The number of rotatable bonds is 8. The second-order valence-electron chi connectivity index (χ2n) is 14.2. The molecular weight excluding hydrogens is 666 g/mol. The quantitative estimate of drug-likeness (QED) is 0.155. The van der Waals surface area contributed by atoms with Gasteiger partial charge in [-0.2, -0.15) is 0 Å². The van der Waals surface area contributed by atoms with Crippen molar-refractivity contribution in [3.8, 4) is 5.75 Å². The number of hydrogen-bond donors (Lipinski definition) is 2. The third-order valence-electron chi connectivity index (χ3n) is 10.8. The van der Waals surface area contributed by atoms with Gasteiger partial charge in [0.25, 0.3) is 11.8 Å². The summed E-state index contributed by atoms with van der Waals surface area (Å²) in [5.74, 6) is -1.00. The molecule has 0 aromatic heterocycles. The van der Waals surface area contributed by atoms with Gasteiger partial charge in [-0.25, -0.2) is 0 Å². The summed E-state index contributed by atoms with van der Waals surface area (Å²) in [4.78, 5) is 45.6. The van der Waals surface area contributed by atoms with Gasteiger partial charge in [0.15, 0.2) is 5.60 Å². The van der Waals surface area contributed by atoms with Crippen LogP contribution in [0.5, 0.6) is 5.75 Å². The fraction of sp³-hybridized carbons (Fsp3) is 0.325. The highest BCUT2D eigenvalue weighted by atomic mass is 28.4. The minimum atomic E-state index is -3.58. The molecule has 7 rings (SSSR count). The van der Waals surface area contributed by atoms with Crippen LogP contribution in [0.1, 0.15) is 40.4 Å². The van der Waals surface area contributed by atoms with E-state index >= 15 is 4.11 Å². The van der Waals surface area contributed by atoms with Crippen molar-refractivity contribution in [1.29, 1.82) is 0 Å². The lowest BCUT2D eigenvalue weighted by Gasteiger charge is -2.37. The van der Waals surface area contributed by atoms with E-state index in [0.29, 0.717) is 46.9 Å². The molecule has 3 amide bonds. The Kier molecular flexibility index (Phi) is 9.07. The van der Waals surface area contributed by atoms with Crippen LogP contribution >= 0.6 is 0 Å². The van der Waals surface area contributed by atoms with Crippen LogP contribution in [0.15, 0.2) is 97.1 Å². The second-order valence-corrected chi connectivity index (χ2v) is 18.0. The molecule has 2 N–H and O–H groups in total. The van der Waals surface area contributed by atoms with Crippen LogP contribution in [0.2, 0.25) is 18.6 Å². The van der Waals surface area contributed by atoms with E-state index in [9.17, 15) is 19.5 Å². The molecule has 264 valence electrons. The number of fused-ring (bicyclic) bond motifs is 3. The number of carbonyl (C=O) groups excluding carboxylic acids is 3. The Hall–Kier alpha value is -4.84. The smallest absolute Gasteiger partial charge is 0.268 e. The maximum atomic E-state index is 16.6. The number of carbonyl (C=O) groups is 3. The van der Waals surface area contributed by atoms with Gasteiger partial charge in [-0.05, 0) is 85.2 Å². The maximum Gasteiger partial charge on any atom is 0.268 e. The van der Waals surface area contributed by atoms with Gasteiger partial charge in [-0.3, -0.25) is 19.3 Å². The van der Waals surface area contributed by atoms with E-state index in [1.54, 1.807) is 72.5 Å². The summed E-state index contributed by atoms with van der Waals surface area (Å²) in [5.41, 5.74) is 2.32. The Labute approximate surface area is 298 Å². The number of aliphatic hydroxyl groups is 1. The van der Waals surface area contributed by atoms with Gasteiger partial charge in [-0.15, -0.1) is 0 Å². The van der Waals surface area contributed by atoms with Crippen molar-refractivity contribution in [2.45, 2.75) is 62.7 Å². The standard InChI is InChI=1S/C40H42FN3O6Si/c1-25-37(51(3,4)41)35(22-36(46)43-23-28-11-9-8-10-27(28)20-31(43)24-45)50-40(25)33-21-29(42-38(47)26-14-17-32(49-2)18-15-26)16-19-34(33)44(39(40)48)30-12-6-5-7-13-30/h5-19,21,25,31,35,37,45H,20,22-24H2,1-4H3,(H,42,47)/t25-,31-,35+,37-,40+/m0/s1. The zero-order chi connectivity index (χ0) is 36.1. The van der Waals surface area contributed by atoms with Crippen molar-refractivity contribution in [1.82, 2.24) is 4.90 Å². The third kappa shape index (κ3) is 6.02. The van der Waals surface area contributed by atoms with Crippen LogP contribution in [0.4, 0.5) is 21.2 Å². The molecule has 5 atom stereocenters. The van der Waals surface area contributed by atoms with Gasteiger partial charge in [0.05, 0.1) is 38.0 Å². The fourth-order valence-electron chi connectivity index (χ4n) is 8.36. The summed E-state index contributed by atoms with van der Waals surface area (Å²) in [6, 6.07) is 28.6. The predicted molar refractivity (Wildman–Crippen MR) is 195 cm³/mol. The number of aliphatic hydroxyl groups excluding tert-OH is 1. The molecule has 1 saturated heterocycles. The van der Waals surface area contributed by atoms with E-state index in [1.807, 2.05) is 61.5 Å². The molecule has 4 aromatic carbocycles. The highest BCUT2D eigenvalue weighted by molar-refractivity contribution is 6.72. The molecule has 1 fully saturated rings. The number of methoxy groups -OCH3 is 1. The number of ether oxygens (including phenoxy) is 2. The summed E-state index contributed by atoms with van der Waals surface area (Å²) >= 11 is 0. The molecule has 0 aliphatic carbocycles. The SMILES string of the molecule is COc1ccc(C(=O)Nc2ccc3c(c2)[C@@]2(O[C@H](CC(=O)N4Cc5ccccc5C[C@H]4CO)[C@@H]([Si](C)(C)F)[C@@H]2C)C(=O)N3c2ccccc2)cc1. The zero-order valence-electron chi connectivity index (χ0n) is 29.1. The van der Waals surface area contributed by atoms with Crippen LogP contribution in [-0.4, -0.2) is 62.0 Å². The van der Waals surface area contributed by atoms with Crippen molar-refractivity contribution in [2.24, 2.45) is 5.92 Å². The Morgan fingerprint density at radius 1 is 1.00 bits per heavy atom. The number of nitrogens with one attached hydrogen (secondary N) is 1. The zero-order valence-corrected chi connectivity index (χ0v) is 30.1. The molecule has 3 aliphatic rings. The lowest BCUT2D eigenvalue weighted by Crippen LogP contribution is -2.48. The first-order valence-corrected chi connectivity index (χ1v) is 20.2. The molecule has 3 aliphatic heterocycles. The van der Waals surface area contributed by atoms with Crippen molar-refractivity contribution in [3.63, 3.8) is 0 Å². The largest absolute Gasteiger partial charge is 0.497 e. The third-order valence-corrected chi connectivity index (χ3v) is 13.2. The molecule has 0 radical (unpaired) electrons. The molecule has 1 spiro atoms. The van der Waals surface area contributed by atoms with E-state index in [0.717, 1.165) is 11.1 Å². The van der Waals surface area contributed by atoms with Gasteiger partial charge < -0.3 is 28.9 Å². The fourth-order valence-corrected chi connectivity index (χ4v) is 10.9. The van der Waals surface area contributed by atoms with Gasteiger partial charge in [0.1, 0.15) is 5.75 Å². The number of halogens is 1. The van der Waals surface area contributed by atoms with Gasteiger partial charge in [0, 0.05) is 40.5 Å². The monoisotopic (exact) mass is 707 g/mol.